The summed E-state index contributed by atoms with van der Waals surface area (Å²) >= 11 is 0. The van der Waals surface area contributed by atoms with E-state index in [4.69, 9.17) is 14.2 Å². The van der Waals surface area contributed by atoms with E-state index < -0.39 is 11.9 Å². The van der Waals surface area contributed by atoms with Gasteiger partial charge in [-0.15, -0.1) is 0 Å². The molecule has 0 spiro atoms. The molecule has 0 amide bonds. The van der Waals surface area contributed by atoms with Crippen LogP contribution in [0.15, 0.2) is 40.7 Å². The molecule has 6 nitrogen and oxygen atoms in total. The average Bonchev–Trinajstić information content (AvgIpc) is 2.71. The lowest BCUT2D eigenvalue weighted by molar-refractivity contribution is -0.139. The smallest absolute Gasteiger partial charge is 0.336 e. The monoisotopic (exact) mass is 427 g/mol. The first-order valence-electron chi connectivity index (χ1n) is 10.9. The molecule has 0 bridgehead atoms. The first-order chi connectivity index (χ1) is 14.7. The van der Waals surface area contributed by atoms with Crippen LogP contribution in [0.4, 0.5) is 0 Å². The van der Waals surface area contributed by atoms with Gasteiger partial charge in [0.1, 0.15) is 0 Å². The molecular formula is C25H33NO5. The fraction of sp³-hybridized carbons (Fsp3) is 0.520. The van der Waals surface area contributed by atoms with Crippen LogP contribution in [-0.2, 0) is 14.3 Å². The summed E-state index contributed by atoms with van der Waals surface area (Å²) in [5, 5.41) is 3.36. The van der Waals surface area contributed by atoms with E-state index in [1.54, 1.807) is 20.3 Å². The van der Waals surface area contributed by atoms with Gasteiger partial charge in [-0.05, 0) is 31.2 Å². The lowest BCUT2D eigenvalue weighted by Gasteiger charge is -2.39. The maximum Gasteiger partial charge on any atom is 0.336 e. The first-order valence-corrected chi connectivity index (χ1v) is 10.9. The van der Waals surface area contributed by atoms with Gasteiger partial charge in [0.2, 0.25) is 0 Å². The van der Waals surface area contributed by atoms with Crippen LogP contribution in [0.2, 0.25) is 0 Å². The van der Waals surface area contributed by atoms with E-state index in [-0.39, 0.29) is 11.2 Å². The minimum absolute atomic E-state index is 0.0416. The number of rotatable bonds is 7. The lowest BCUT2D eigenvalue weighted by atomic mass is 9.68. The van der Waals surface area contributed by atoms with Crippen LogP contribution in [-0.4, -0.2) is 32.6 Å². The number of dihydropyridines is 1. The van der Waals surface area contributed by atoms with Gasteiger partial charge in [-0.3, -0.25) is 4.79 Å². The molecule has 6 heteroatoms. The number of esters is 1. The van der Waals surface area contributed by atoms with Gasteiger partial charge in [0, 0.05) is 29.0 Å². The van der Waals surface area contributed by atoms with E-state index in [0.717, 1.165) is 30.5 Å². The normalized spacial score (nSPS) is 20.2. The number of hydrogen-bond donors (Lipinski definition) is 1. The van der Waals surface area contributed by atoms with Crippen molar-refractivity contribution < 1.29 is 23.8 Å². The molecule has 1 heterocycles. The van der Waals surface area contributed by atoms with Gasteiger partial charge in [0.05, 0.1) is 32.3 Å². The first kappa shape index (κ1) is 22.9. The quantitative estimate of drug-likeness (QED) is 0.504. The molecule has 2 aliphatic rings. The van der Waals surface area contributed by atoms with Gasteiger partial charge < -0.3 is 19.5 Å². The van der Waals surface area contributed by atoms with E-state index in [1.165, 1.54) is 0 Å². The van der Waals surface area contributed by atoms with E-state index in [9.17, 15) is 9.59 Å². The van der Waals surface area contributed by atoms with Crippen molar-refractivity contribution in [1.82, 2.24) is 5.32 Å². The van der Waals surface area contributed by atoms with Gasteiger partial charge in [-0.25, -0.2) is 4.79 Å². The molecule has 1 aliphatic heterocycles. The van der Waals surface area contributed by atoms with Crippen LogP contribution in [0.3, 0.4) is 0 Å². The Labute approximate surface area is 184 Å². The van der Waals surface area contributed by atoms with Gasteiger partial charge in [0.15, 0.2) is 17.3 Å². The SMILES string of the molecule is CCCCOC(=O)C1=C(C)NC2=C(C(=O)CC(C)(C)C2)[C@@H]1c1cccc(OC)c1OC. The largest absolute Gasteiger partial charge is 0.493 e. The van der Waals surface area contributed by atoms with Crippen LogP contribution < -0.4 is 14.8 Å². The summed E-state index contributed by atoms with van der Waals surface area (Å²) in [5.74, 6) is 0.144. The Morgan fingerprint density at radius 1 is 1.19 bits per heavy atom. The Morgan fingerprint density at radius 2 is 1.94 bits per heavy atom. The molecule has 0 aromatic heterocycles. The van der Waals surface area contributed by atoms with Gasteiger partial charge in [-0.2, -0.15) is 0 Å². The number of nitrogens with one attached hydrogen (secondary N) is 1. The average molecular weight is 428 g/mol. The van der Waals surface area contributed by atoms with Crippen molar-refractivity contribution >= 4 is 11.8 Å². The zero-order valence-corrected chi connectivity index (χ0v) is 19.4. The molecule has 3 rings (SSSR count). The summed E-state index contributed by atoms with van der Waals surface area (Å²) < 4.78 is 16.8. The van der Waals surface area contributed by atoms with Crippen molar-refractivity contribution in [2.24, 2.45) is 5.41 Å². The van der Waals surface area contributed by atoms with Gasteiger partial charge in [-0.1, -0.05) is 39.3 Å². The fourth-order valence-corrected chi connectivity index (χ4v) is 4.54. The van der Waals surface area contributed by atoms with Gasteiger partial charge >= 0.3 is 5.97 Å². The summed E-state index contributed by atoms with van der Waals surface area (Å²) in [5.41, 5.74) is 3.24. The highest BCUT2D eigenvalue weighted by Gasteiger charge is 2.44. The second-order valence-corrected chi connectivity index (χ2v) is 9.00. The molecule has 1 N–H and O–H groups in total. The number of allylic oxidation sites excluding steroid dienone is 3. The van der Waals surface area contributed by atoms with Crippen LogP contribution in [0.25, 0.3) is 0 Å². The van der Waals surface area contributed by atoms with Crippen molar-refractivity contribution in [1.29, 1.82) is 0 Å². The number of ketones is 1. The lowest BCUT2D eigenvalue weighted by Crippen LogP contribution is -2.38. The summed E-state index contributed by atoms with van der Waals surface area (Å²) in [6.45, 7) is 8.44. The minimum Gasteiger partial charge on any atom is -0.493 e. The molecule has 1 atom stereocenters. The van der Waals surface area contributed by atoms with Crippen molar-refractivity contribution in [3.8, 4) is 11.5 Å². The Hall–Kier alpha value is -2.76. The number of ether oxygens (including phenoxy) is 3. The zero-order valence-electron chi connectivity index (χ0n) is 19.4. The maximum absolute atomic E-state index is 13.4. The molecule has 0 radical (unpaired) electrons. The molecule has 0 unspecified atom stereocenters. The summed E-state index contributed by atoms with van der Waals surface area (Å²) in [7, 11) is 3.14. The molecule has 168 valence electrons. The number of hydrogen-bond acceptors (Lipinski definition) is 6. The standard InChI is InChI=1S/C25H33NO5/c1-7-8-12-31-24(28)20-15(2)26-17-13-25(3,4)14-18(27)22(17)21(20)16-10-9-11-19(29-5)23(16)30-6/h9-11,21,26H,7-8,12-14H2,1-6H3/t21-/m1/s1. The van der Waals surface area contributed by atoms with Gasteiger partial charge in [0.25, 0.3) is 0 Å². The third-order valence-corrected chi connectivity index (χ3v) is 5.94. The molecule has 0 saturated carbocycles. The molecule has 1 aromatic rings. The predicted molar refractivity (Wildman–Crippen MR) is 119 cm³/mol. The number of para-hydroxylation sites is 1. The van der Waals surface area contributed by atoms with E-state index >= 15 is 0 Å². The highest BCUT2D eigenvalue weighted by Crippen LogP contribution is 2.50. The Balaban J connectivity index is 2.19. The highest BCUT2D eigenvalue weighted by molar-refractivity contribution is 6.04. The van der Waals surface area contributed by atoms with Crippen LogP contribution in [0.1, 0.15) is 64.9 Å². The van der Waals surface area contributed by atoms with Crippen molar-refractivity contribution in [3.63, 3.8) is 0 Å². The second kappa shape index (κ2) is 9.16. The van der Waals surface area contributed by atoms with E-state index in [0.29, 0.717) is 41.4 Å². The highest BCUT2D eigenvalue weighted by atomic mass is 16.5. The topological polar surface area (TPSA) is 73.9 Å². The molecular weight excluding hydrogens is 394 g/mol. The van der Waals surface area contributed by atoms with Crippen LogP contribution in [0.5, 0.6) is 11.5 Å². The number of carbonyl (C=O) groups excluding carboxylic acids is 2. The molecule has 31 heavy (non-hydrogen) atoms. The van der Waals surface area contributed by atoms with Crippen molar-refractivity contribution in [2.45, 2.75) is 59.3 Å². The van der Waals surface area contributed by atoms with E-state index in [1.807, 2.05) is 26.0 Å². The number of Topliss-reactive ketones (excluding diaryl/α,β-unsaturated/α-hetero) is 1. The number of methoxy groups -OCH3 is 2. The number of unbranched alkanes of at least 4 members (excludes halogenated alkanes) is 1. The Kier molecular flexibility index (Phi) is 6.77. The molecule has 1 aromatic carbocycles. The third-order valence-electron chi connectivity index (χ3n) is 5.94. The van der Waals surface area contributed by atoms with Crippen LogP contribution in [0, 0.1) is 5.41 Å². The van der Waals surface area contributed by atoms with Crippen LogP contribution >= 0.6 is 0 Å². The number of carbonyl (C=O) groups is 2. The summed E-state index contributed by atoms with van der Waals surface area (Å²) in [6, 6.07) is 5.55. The Morgan fingerprint density at radius 3 is 2.58 bits per heavy atom. The summed E-state index contributed by atoms with van der Waals surface area (Å²) in [6.07, 6.45) is 2.87. The Bertz CT molecular complexity index is 941. The second-order valence-electron chi connectivity index (χ2n) is 9.00. The predicted octanol–water partition coefficient (Wildman–Crippen LogP) is 4.65. The summed E-state index contributed by atoms with van der Waals surface area (Å²) in [4.78, 5) is 26.6. The van der Waals surface area contributed by atoms with Crippen molar-refractivity contribution in [2.75, 3.05) is 20.8 Å². The van der Waals surface area contributed by atoms with Crippen molar-refractivity contribution in [3.05, 3.63) is 46.3 Å². The molecule has 0 fully saturated rings. The van der Waals surface area contributed by atoms with E-state index in [2.05, 4.69) is 19.2 Å². The fourth-order valence-electron chi connectivity index (χ4n) is 4.54. The molecule has 1 aliphatic carbocycles. The minimum atomic E-state index is -0.570. The zero-order chi connectivity index (χ0) is 22.8. The number of benzene rings is 1. The molecule has 0 saturated heterocycles. The maximum atomic E-state index is 13.4. The third kappa shape index (κ3) is 4.48.